The monoisotopic (exact) mass is 326 g/mol. The van der Waals surface area contributed by atoms with E-state index >= 15 is 0 Å². The van der Waals surface area contributed by atoms with Gasteiger partial charge < -0.3 is 10.6 Å². The molecule has 1 aromatic carbocycles. The number of amides is 1. The van der Waals surface area contributed by atoms with E-state index in [1.807, 2.05) is 30.8 Å². The second kappa shape index (κ2) is 7.95. The van der Waals surface area contributed by atoms with Gasteiger partial charge in [-0.1, -0.05) is 24.4 Å². The van der Waals surface area contributed by atoms with E-state index in [-0.39, 0.29) is 11.9 Å². The molecule has 1 amide bonds. The highest BCUT2D eigenvalue weighted by atomic mass is 35.5. The summed E-state index contributed by atoms with van der Waals surface area (Å²) in [6, 6.07) is 5.68. The topological polar surface area (TPSA) is 41.1 Å². The highest BCUT2D eigenvalue weighted by Crippen LogP contribution is 2.28. The summed E-state index contributed by atoms with van der Waals surface area (Å²) in [4.78, 5) is 12.6. The van der Waals surface area contributed by atoms with E-state index in [0.29, 0.717) is 15.8 Å². The van der Waals surface area contributed by atoms with Crippen molar-refractivity contribution in [1.82, 2.24) is 5.32 Å². The molecule has 1 saturated carbocycles. The van der Waals surface area contributed by atoms with E-state index in [2.05, 4.69) is 16.9 Å². The SMILES string of the molecule is CCNc1ccc(Cl)cc1C(=O)NC1CCCCC1SC. The first-order valence-electron chi connectivity index (χ1n) is 7.52. The maximum atomic E-state index is 12.6. The van der Waals surface area contributed by atoms with Gasteiger partial charge in [0.05, 0.1) is 5.56 Å². The first kappa shape index (κ1) is 16.5. The first-order valence-corrected chi connectivity index (χ1v) is 9.19. The van der Waals surface area contributed by atoms with Gasteiger partial charge in [0.2, 0.25) is 0 Å². The Hall–Kier alpha value is -0.870. The predicted molar refractivity (Wildman–Crippen MR) is 92.6 cm³/mol. The Kier molecular flexibility index (Phi) is 6.24. The number of anilines is 1. The van der Waals surface area contributed by atoms with Crippen molar-refractivity contribution in [2.75, 3.05) is 18.1 Å². The van der Waals surface area contributed by atoms with Crippen LogP contribution in [0, 0.1) is 0 Å². The van der Waals surface area contributed by atoms with Crippen molar-refractivity contribution in [3.05, 3.63) is 28.8 Å². The van der Waals surface area contributed by atoms with Gasteiger partial charge in [-0.3, -0.25) is 4.79 Å². The van der Waals surface area contributed by atoms with Gasteiger partial charge in [0.25, 0.3) is 5.91 Å². The molecule has 21 heavy (non-hydrogen) atoms. The van der Waals surface area contributed by atoms with E-state index in [1.165, 1.54) is 19.3 Å². The first-order chi connectivity index (χ1) is 10.2. The Morgan fingerprint density at radius 2 is 2.14 bits per heavy atom. The Balaban J connectivity index is 2.13. The van der Waals surface area contributed by atoms with E-state index in [9.17, 15) is 4.79 Å². The molecule has 3 nitrogen and oxygen atoms in total. The van der Waals surface area contributed by atoms with Crippen LogP contribution in [-0.4, -0.2) is 30.0 Å². The van der Waals surface area contributed by atoms with E-state index in [0.717, 1.165) is 18.7 Å². The maximum absolute atomic E-state index is 12.6. The summed E-state index contributed by atoms with van der Waals surface area (Å²) in [6.45, 7) is 2.79. The minimum atomic E-state index is -0.0283. The van der Waals surface area contributed by atoms with E-state index in [1.54, 1.807) is 6.07 Å². The van der Waals surface area contributed by atoms with Crippen molar-refractivity contribution in [2.45, 2.75) is 43.9 Å². The fourth-order valence-electron chi connectivity index (χ4n) is 2.84. The summed E-state index contributed by atoms with van der Waals surface area (Å²) in [6.07, 6.45) is 6.82. The normalized spacial score (nSPS) is 21.9. The van der Waals surface area contributed by atoms with Gasteiger partial charge >= 0.3 is 0 Å². The third-order valence-corrected chi connectivity index (χ3v) is 5.32. The Bertz CT molecular complexity index is 495. The number of halogens is 1. The summed E-state index contributed by atoms with van der Waals surface area (Å²) in [5, 5.41) is 7.53. The van der Waals surface area contributed by atoms with Crippen LogP contribution in [0.4, 0.5) is 5.69 Å². The lowest BCUT2D eigenvalue weighted by Gasteiger charge is -2.31. The van der Waals surface area contributed by atoms with Crippen LogP contribution in [0.3, 0.4) is 0 Å². The summed E-state index contributed by atoms with van der Waals surface area (Å²) in [5.41, 5.74) is 1.48. The molecular weight excluding hydrogens is 304 g/mol. The summed E-state index contributed by atoms with van der Waals surface area (Å²) in [5.74, 6) is -0.0283. The molecule has 2 atom stereocenters. The molecule has 116 valence electrons. The average Bonchev–Trinajstić information content (AvgIpc) is 2.49. The van der Waals surface area contributed by atoms with Crippen molar-refractivity contribution < 1.29 is 4.79 Å². The van der Waals surface area contributed by atoms with Crippen LogP contribution in [0.2, 0.25) is 5.02 Å². The fourth-order valence-corrected chi connectivity index (χ4v) is 3.95. The third-order valence-electron chi connectivity index (χ3n) is 3.92. The third kappa shape index (κ3) is 4.30. The lowest BCUT2D eigenvalue weighted by atomic mass is 9.94. The maximum Gasteiger partial charge on any atom is 0.253 e. The van der Waals surface area contributed by atoms with Gasteiger partial charge in [-0.2, -0.15) is 11.8 Å². The van der Waals surface area contributed by atoms with E-state index < -0.39 is 0 Å². The molecule has 0 radical (unpaired) electrons. The van der Waals surface area contributed by atoms with Crippen molar-refractivity contribution >= 4 is 35.0 Å². The molecule has 2 N–H and O–H groups in total. The Morgan fingerprint density at radius 3 is 2.86 bits per heavy atom. The smallest absolute Gasteiger partial charge is 0.253 e. The van der Waals surface area contributed by atoms with Crippen LogP contribution < -0.4 is 10.6 Å². The molecule has 0 aromatic heterocycles. The number of thioether (sulfide) groups is 1. The van der Waals surface area contributed by atoms with Gasteiger partial charge in [0.15, 0.2) is 0 Å². The molecule has 1 aliphatic carbocycles. The van der Waals surface area contributed by atoms with E-state index in [4.69, 9.17) is 11.6 Å². The minimum absolute atomic E-state index is 0.0283. The second-order valence-corrected chi connectivity index (χ2v) is 6.87. The van der Waals surface area contributed by atoms with Crippen LogP contribution in [0.15, 0.2) is 18.2 Å². The molecule has 2 rings (SSSR count). The lowest BCUT2D eigenvalue weighted by Crippen LogP contribution is -2.43. The molecule has 0 bridgehead atoms. The second-order valence-electron chi connectivity index (χ2n) is 5.36. The van der Waals surface area contributed by atoms with Crippen LogP contribution >= 0.6 is 23.4 Å². The number of hydrogen-bond donors (Lipinski definition) is 2. The molecular formula is C16H23ClN2OS. The zero-order chi connectivity index (χ0) is 15.2. The molecule has 5 heteroatoms. The molecule has 1 fully saturated rings. The largest absolute Gasteiger partial charge is 0.385 e. The Labute approximate surface area is 136 Å². The number of benzene rings is 1. The number of carbonyl (C=O) groups excluding carboxylic acids is 1. The lowest BCUT2D eigenvalue weighted by molar-refractivity contribution is 0.0930. The van der Waals surface area contributed by atoms with Gasteiger partial charge in [-0.25, -0.2) is 0 Å². The predicted octanol–water partition coefficient (Wildman–Crippen LogP) is 4.18. The highest BCUT2D eigenvalue weighted by Gasteiger charge is 2.26. The van der Waals surface area contributed by atoms with Gasteiger partial charge in [-0.15, -0.1) is 0 Å². The summed E-state index contributed by atoms with van der Waals surface area (Å²) < 4.78 is 0. The molecule has 0 aliphatic heterocycles. The number of carbonyl (C=O) groups is 1. The number of nitrogens with one attached hydrogen (secondary N) is 2. The molecule has 0 heterocycles. The van der Waals surface area contributed by atoms with Crippen LogP contribution in [-0.2, 0) is 0 Å². The fraction of sp³-hybridized carbons (Fsp3) is 0.562. The molecule has 0 spiro atoms. The van der Waals surface area contributed by atoms with Gasteiger partial charge in [-0.05, 0) is 44.2 Å². The number of rotatable bonds is 5. The van der Waals surface area contributed by atoms with Crippen molar-refractivity contribution in [3.63, 3.8) is 0 Å². The average molecular weight is 327 g/mol. The van der Waals surface area contributed by atoms with Gasteiger partial charge in [0.1, 0.15) is 0 Å². The zero-order valence-corrected chi connectivity index (χ0v) is 14.2. The Morgan fingerprint density at radius 1 is 1.38 bits per heavy atom. The quantitative estimate of drug-likeness (QED) is 0.853. The number of hydrogen-bond acceptors (Lipinski definition) is 3. The highest BCUT2D eigenvalue weighted by molar-refractivity contribution is 7.99. The standard InChI is InChI=1S/C16H23ClN2OS/c1-3-18-13-9-8-11(17)10-12(13)16(20)19-14-6-4-5-7-15(14)21-2/h8-10,14-15,18H,3-7H2,1-2H3,(H,19,20). The molecule has 2 unspecified atom stereocenters. The van der Waals surface area contributed by atoms with Crippen LogP contribution in [0.1, 0.15) is 43.0 Å². The summed E-state index contributed by atoms with van der Waals surface area (Å²) >= 11 is 7.90. The van der Waals surface area contributed by atoms with Crippen molar-refractivity contribution in [2.24, 2.45) is 0 Å². The minimum Gasteiger partial charge on any atom is -0.385 e. The molecule has 1 aliphatic rings. The van der Waals surface area contributed by atoms with Gasteiger partial charge in [0, 0.05) is 28.5 Å². The molecule has 1 aromatic rings. The van der Waals surface area contributed by atoms with Crippen molar-refractivity contribution in [1.29, 1.82) is 0 Å². The van der Waals surface area contributed by atoms with Crippen LogP contribution in [0.25, 0.3) is 0 Å². The summed E-state index contributed by atoms with van der Waals surface area (Å²) in [7, 11) is 0. The van der Waals surface area contributed by atoms with Crippen LogP contribution in [0.5, 0.6) is 0 Å². The molecule has 0 saturated heterocycles. The van der Waals surface area contributed by atoms with Crippen molar-refractivity contribution in [3.8, 4) is 0 Å². The zero-order valence-electron chi connectivity index (χ0n) is 12.6.